The summed E-state index contributed by atoms with van der Waals surface area (Å²) in [4.78, 5) is 8.18. The third kappa shape index (κ3) is 2.93. The van der Waals surface area contributed by atoms with Crippen LogP contribution in [0.15, 0.2) is 6.20 Å². The van der Waals surface area contributed by atoms with E-state index in [1.807, 2.05) is 0 Å². The van der Waals surface area contributed by atoms with Gasteiger partial charge in [0.05, 0.1) is 17.7 Å². The Labute approximate surface area is 111 Å². The summed E-state index contributed by atoms with van der Waals surface area (Å²) in [5, 5.41) is 20.7. The van der Waals surface area contributed by atoms with Crippen LogP contribution in [0.1, 0.15) is 26.7 Å². The first-order valence-electron chi connectivity index (χ1n) is 6.54. The van der Waals surface area contributed by atoms with Crippen molar-refractivity contribution in [2.45, 2.75) is 32.8 Å². The molecule has 1 atom stereocenters. The van der Waals surface area contributed by atoms with E-state index in [-0.39, 0.29) is 11.9 Å². The Bertz CT molecular complexity index is 536. The zero-order chi connectivity index (χ0) is 13.8. The van der Waals surface area contributed by atoms with Gasteiger partial charge >= 0.3 is 0 Å². The van der Waals surface area contributed by atoms with Gasteiger partial charge in [0.15, 0.2) is 5.65 Å². The fourth-order valence-electron chi connectivity index (χ4n) is 2.19. The minimum absolute atomic E-state index is 0.177. The fourth-order valence-corrected chi connectivity index (χ4v) is 2.19. The number of anilines is 2. The molecule has 5 N–H and O–H groups in total. The Hall–Kier alpha value is -1.89. The lowest BCUT2D eigenvalue weighted by molar-refractivity contribution is 0.114. The van der Waals surface area contributed by atoms with E-state index in [9.17, 15) is 5.11 Å². The van der Waals surface area contributed by atoms with Crippen LogP contribution in [0.3, 0.4) is 0 Å². The SMILES string of the molecule is CCC(CC)C(O)CNc1nc(N)nc2[nH]ncc12. The summed E-state index contributed by atoms with van der Waals surface area (Å²) in [5.41, 5.74) is 6.22. The van der Waals surface area contributed by atoms with Crippen molar-refractivity contribution in [2.24, 2.45) is 5.92 Å². The van der Waals surface area contributed by atoms with E-state index in [0.29, 0.717) is 18.0 Å². The average Bonchev–Trinajstić information content (AvgIpc) is 2.85. The molecular weight excluding hydrogens is 244 g/mol. The summed E-state index contributed by atoms with van der Waals surface area (Å²) >= 11 is 0. The Morgan fingerprint density at radius 3 is 2.79 bits per heavy atom. The highest BCUT2D eigenvalue weighted by Gasteiger charge is 2.16. The van der Waals surface area contributed by atoms with Gasteiger partial charge in [0.25, 0.3) is 0 Å². The Morgan fingerprint density at radius 2 is 2.11 bits per heavy atom. The molecule has 2 aromatic heterocycles. The van der Waals surface area contributed by atoms with Crippen molar-refractivity contribution in [3.63, 3.8) is 0 Å². The quantitative estimate of drug-likeness (QED) is 0.622. The molecule has 7 heteroatoms. The van der Waals surface area contributed by atoms with Crippen LogP contribution in [-0.2, 0) is 0 Å². The van der Waals surface area contributed by atoms with Gasteiger partial charge in [-0.25, -0.2) is 0 Å². The highest BCUT2D eigenvalue weighted by atomic mass is 16.3. The maximum Gasteiger partial charge on any atom is 0.224 e. The van der Waals surface area contributed by atoms with Crippen LogP contribution < -0.4 is 11.1 Å². The van der Waals surface area contributed by atoms with E-state index in [0.717, 1.165) is 18.2 Å². The molecule has 0 spiro atoms. The van der Waals surface area contributed by atoms with Gasteiger partial charge in [0.1, 0.15) is 5.82 Å². The van der Waals surface area contributed by atoms with Crippen LogP contribution in [0.2, 0.25) is 0 Å². The minimum atomic E-state index is -0.409. The fraction of sp³-hybridized carbons (Fsp3) is 0.583. The van der Waals surface area contributed by atoms with Crippen LogP contribution in [-0.4, -0.2) is 37.9 Å². The topological polar surface area (TPSA) is 113 Å². The second-order valence-corrected chi connectivity index (χ2v) is 4.59. The number of nitrogens with one attached hydrogen (secondary N) is 2. The van der Waals surface area contributed by atoms with Crippen LogP contribution >= 0.6 is 0 Å². The van der Waals surface area contributed by atoms with Gasteiger partial charge in [-0.2, -0.15) is 15.1 Å². The summed E-state index contributed by atoms with van der Waals surface area (Å²) in [5.74, 6) is 1.06. The maximum atomic E-state index is 10.1. The molecule has 0 aliphatic carbocycles. The molecule has 0 aliphatic rings. The number of nitrogens with two attached hydrogens (primary N) is 1. The zero-order valence-electron chi connectivity index (χ0n) is 11.2. The highest BCUT2D eigenvalue weighted by molar-refractivity contribution is 5.86. The van der Waals surface area contributed by atoms with Gasteiger partial charge in [-0.1, -0.05) is 26.7 Å². The number of rotatable bonds is 6. The molecule has 104 valence electrons. The number of nitrogen functional groups attached to an aromatic ring is 1. The van der Waals surface area contributed by atoms with Crippen LogP contribution in [0.5, 0.6) is 0 Å². The number of hydrogen-bond acceptors (Lipinski definition) is 6. The molecule has 19 heavy (non-hydrogen) atoms. The van der Waals surface area contributed by atoms with Gasteiger partial charge < -0.3 is 16.2 Å². The van der Waals surface area contributed by atoms with Crippen molar-refractivity contribution in [2.75, 3.05) is 17.6 Å². The number of aromatic nitrogens is 4. The molecule has 0 saturated carbocycles. The van der Waals surface area contributed by atoms with Crippen molar-refractivity contribution in [1.82, 2.24) is 20.2 Å². The van der Waals surface area contributed by atoms with Gasteiger partial charge in [0, 0.05) is 6.54 Å². The van der Waals surface area contributed by atoms with Crippen molar-refractivity contribution in [3.05, 3.63) is 6.20 Å². The first kappa shape index (κ1) is 13.5. The Morgan fingerprint density at radius 1 is 1.37 bits per heavy atom. The van der Waals surface area contributed by atoms with Crippen molar-refractivity contribution in [1.29, 1.82) is 0 Å². The summed E-state index contributed by atoms with van der Waals surface area (Å²) in [6, 6.07) is 0. The van der Waals surface area contributed by atoms with E-state index in [2.05, 4.69) is 39.3 Å². The molecule has 0 aromatic carbocycles. The first-order chi connectivity index (χ1) is 9.15. The number of hydrogen-bond donors (Lipinski definition) is 4. The third-order valence-corrected chi connectivity index (χ3v) is 3.40. The standard InChI is InChI=1S/C12H20N6O/c1-3-7(4-2)9(19)6-14-10-8-5-15-18-11(8)17-12(13)16-10/h5,7,9,19H,3-4,6H2,1-2H3,(H4,13,14,15,16,17,18). The number of nitrogens with zero attached hydrogens (tertiary/aromatic N) is 3. The van der Waals surface area contributed by atoms with E-state index in [1.54, 1.807) is 6.20 Å². The van der Waals surface area contributed by atoms with Crippen LogP contribution in [0, 0.1) is 5.92 Å². The molecule has 0 saturated heterocycles. The Balaban J connectivity index is 2.11. The lowest BCUT2D eigenvalue weighted by atomic mass is 9.96. The van der Waals surface area contributed by atoms with Gasteiger partial charge in [-0.3, -0.25) is 5.10 Å². The molecule has 0 fully saturated rings. The third-order valence-electron chi connectivity index (χ3n) is 3.40. The summed E-state index contributed by atoms with van der Waals surface area (Å²) in [6.07, 6.45) is 3.13. The largest absolute Gasteiger partial charge is 0.391 e. The number of fused-ring (bicyclic) bond motifs is 1. The lowest BCUT2D eigenvalue weighted by Gasteiger charge is -2.20. The second kappa shape index (κ2) is 5.83. The maximum absolute atomic E-state index is 10.1. The number of aliphatic hydroxyl groups excluding tert-OH is 1. The number of aromatic amines is 1. The summed E-state index contributed by atoms with van der Waals surface area (Å²) in [6.45, 7) is 4.59. The van der Waals surface area contributed by atoms with Gasteiger partial charge in [-0.05, 0) is 5.92 Å². The highest BCUT2D eigenvalue weighted by Crippen LogP contribution is 2.20. The smallest absolute Gasteiger partial charge is 0.224 e. The molecule has 2 aromatic rings. The van der Waals surface area contributed by atoms with Crippen molar-refractivity contribution >= 4 is 22.8 Å². The van der Waals surface area contributed by atoms with Gasteiger partial charge in [0.2, 0.25) is 5.95 Å². The van der Waals surface area contributed by atoms with E-state index in [4.69, 9.17) is 5.73 Å². The molecule has 0 radical (unpaired) electrons. The summed E-state index contributed by atoms with van der Waals surface area (Å²) < 4.78 is 0. The molecule has 1 unspecified atom stereocenters. The van der Waals surface area contributed by atoms with Gasteiger partial charge in [-0.15, -0.1) is 0 Å². The molecule has 2 rings (SSSR count). The zero-order valence-corrected chi connectivity index (χ0v) is 11.2. The number of aliphatic hydroxyl groups is 1. The second-order valence-electron chi connectivity index (χ2n) is 4.59. The molecule has 0 amide bonds. The van der Waals surface area contributed by atoms with E-state index in [1.165, 1.54) is 0 Å². The molecule has 7 nitrogen and oxygen atoms in total. The lowest BCUT2D eigenvalue weighted by Crippen LogP contribution is -2.28. The predicted molar refractivity (Wildman–Crippen MR) is 74.7 cm³/mol. The number of H-pyrrole nitrogens is 1. The van der Waals surface area contributed by atoms with E-state index < -0.39 is 6.10 Å². The minimum Gasteiger partial charge on any atom is -0.391 e. The molecular formula is C12H20N6O. The van der Waals surface area contributed by atoms with Crippen LogP contribution in [0.4, 0.5) is 11.8 Å². The monoisotopic (exact) mass is 264 g/mol. The Kier molecular flexibility index (Phi) is 4.16. The molecule has 0 aliphatic heterocycles. The molecule has 0 bridgehead atoms. The first-order valence-corrected chi connectivity index (χ1v) is 6.54. The molecule has 2 heterocycles. The summed E-state index contributed by atoms with van der Waals surface area (Å²) in [7, 11) is 0. The average molecular weight is 264 g/mol. The normalized spacial score (nSPS) is 13.1. The van der Waals surface area contributed by atoms with E-state index >= 15 is 0 Å². The van der Waals surface area contributed by atoms with Crippen molar-refractivity contribution < 1.29 is 5.11 Å². The van der Waals surface area contributed by atoms with Crippen LogP contribution in [0.25, 0.3) is 11.0 Å². The van der Waals surface area contributed by atoms with Crippen molar-refractivity contribution in [3.8, 4) is 0 Å². The predicted octanol–water partition coefficient (Wildman–Crippen LogP) is 1.14.